The molecular formula is C16H19ClN4O. The third kappa shape index (κ3) is 3.25. The Balaban J connectivity index is 1.73. The van der Waals surface area contributed by atoms with Crippen LogP contribution in [0.25, 0.3) is 0 Å². The number of hydrogen-bond acceptors (Lipinski definition) is 2. The number of anilines is 2. The van der Waals surface area contributed by atoms with Gasteiger partial charge in [-0.25, -0.2) is 9.48 Å². The maximum atomic E-state index is 12.2. The number of para-hydroxylation sites is 1. The molecule has 0 spiro atoms. The van der Waals surface area contributed by atoms with Crippen LogP contribution in [0.5, 0.6) is 0 Å². The molecule has 6 heteroatoms. The average molecular weight is 319 g/mol. The van der Waals surface area contributed by atoms with Crippen LogP contribution in [-0.4, -0.2) is 15.8 Å². The number of nitrogens with zero attached hydrogens (tertiary/aromatic N) is 2. The number of urea groups is 1. The van der Waals surface area contributed by atoms with E-state index in [4.69, 9.17) is 11.6 Å². The molecule has 5 nitrogen and oxygen atoms in total. The fourth-order valence-corrected chi connectivity index (χ4v) is 3.05. The summed E-state index contributed by atoms with van der Waals surface area (Å²) >= 11 is 6.05. The first-order valence-corrected chi connectivity index (χ1v) is 7.90. The smallest absolute Gasteiger partial charge is 0.306 e. The van der Waals surface area contributed by atoms with Gasteiger partial charge >= 0.3 is 6.03 Å². The van der Waals surface area contributed by atoms with Crippen LogP contribution < -0.4 is 10.6 Å². The Morgan fingerprint density at radius 3 is 2.73 bits per heavy atom. The first kappa shape index (κ1) is 14.9. The number of carbonyl (C=O) groups excluding carboxylic acids is 1. The van der Waals surface area contributed by atoms with E-state index in [9.17, 15) is 4.79 Å². The van der Waals surface area contributed by atoms with E-state index in [0.29, 0.717) is 16.8 Å². The molecule has 116 valence electrons. The van der Waals surface area contributed by atoms with Crippen LogP contribution in [0.1, 0.15) is 37.4 Å². The molecule has 1 aromatic heterocycles. The molecule has 1 aromatic carbocycles. The van der Waals surface area contributed by atoms with Crippen LogP contribution in [0.2, 0.25) is 5.02 Å². The Bertz CT molecular complexity index is 677. The van der Waals surface area contributed by atoms with Crippen molar-refractivity contribution in [1.29, 1.82) is 0 Å². The number of aryl methyl sites for hydroxylation is 1. The summed E-state index contributed by atoms with van der Waals surface area (Å²) in [5, 5.41) is 10.7. The SMILES string of the molecule is Cc1cc(NC(=O)Nc2ccccc2Cl)n(C2CCCC2)n1. The van der Waals surface area contributed by atoms with Gasteiger partial charge in [-0.15, -0.1) is 0 Å². The minimum atomic E-state index is -0.313. The van der Waals surface area contributed by atoms with Gasteiger partial charge in [-0.3, -0.25) is 5.32 Å². The number of benzene rings is 1. The van der Waals surface area contributed by atoms with Gasteiger partial charge in [0.25, 0.3) is 0 Å². The zero-order valence-electron chi connectivity index (χ0n) is 12.5. The van der Waals surface area contributed by atoms with Crippen LogP contribution in [0.4, 0.5) is 16.3 Å². The average Bonchev–Trinajstić information content (AvgIpc) is 3.11. The summed E-state index contributed by atoms with van der Waals surface area (Å²) in [5.41, 5.74) is 1.49. The van der Waals surface area contributed by atoms with E-state index < -0.39 is 0 Å². The predicted octanol–water partition coefficient (Wildman–Crippen LogP) is 4.60. The van der Waals surface area contributed by atoms with E-state index in [1.54, 1.807) is 12.1 Å². The lowest BCUT2D eigenvalue weighted by Gasteiger charge is -2.15. The van der Waals surface area contributed by atoms with Crippen molar-refractivity contribution in [2.45, 2.75) is 38.6 Å². The normalized spacial score (nSPS) is 15.0. The Hall–Kier alpha value is -2.01. The number of halogens is 1. The number of carbonyl (C=O) groups is 1. The van der Waals surface area contributed by atoms with Crippen molar-refractivity contribution in [2.75, 3.05) is 10.6 Å². The van der Waals surface area contributed by atoms with Crippen LogP contribution >= 0.6 is 11.6 Å². The van der Waals surface area contributed by atoms with Crippen molar-refractivity contribution in [3.63, 3.8) is 0 Å². The van der Waals surface area contributed by atoms with E-state index in [0.717, 1.165) is 24.4 Å². The first-order valence-electron chi connectivity index (χ1n) is 7.52. The molecule has 2 aromatic rings. The second kappa shape index (κ2) is 6.40. The summed E-state index contributed by atoms with van der Waals surface area (Å²) in [6.07, 6.45) is 4.66. The molecule has 2 N–H and O–H groups in total. The third-order valence-corrected chi connectivity index (χ3v) is 4.22. The molecular weight excluding hydrogens is 300 g/mol. The van der Waals surface area contributed by atoms with Crippen molar-refractivity contribution in [2.24, 2.45) is 0 Å². The standard InChI is InChI=1S/C16H19ClN4O/c1-11-10-15(21(20-11)12-6-2-3-7-12)19-16(22)18-14-9-5-4-8-13(14)17/h4-5,8-10,12H,2-3,6-7H2,1H3,(H2,18,19,22). The predicted molar refractivity (Wildman–Crippen MR) is 88.6 cm³/mol. The second-order valence-corrected chi connectivity index (χ2v) is 6.02. The van der Waals surface area contributed by atoms with Crippen molar-refractivity contribution >= 4 is 29.1 Å². The quantitative estimate of drug-likeness (QED) is 0.868. The molecule has 1 aliphatic rings. The lowest BCUT2D eigenvalue weighted by atomic mass is 10.2. The molecule has 0 atom stereocenters. The topological polar surface area (TPSA) is 59.0 Å². The fraction of sp³-hybridized carbons (Fsp3) is 0.375. The highest BCUT2D eigenvalue weighted by molar-refractivity contribution is 6.33. The van der Waals surface area contributed by atoms with Crippen molar-refractivity contribution in [1.82, 2.24) is 9.78 Å². The maximum absolute atomic E-state index is 12.2. The van der Waals surface area contributed by atoms with E-state index in [1.165, 1.54) is 12.8 Å². The van der Waals surface area contributed by atoms with Crippen LogP contribution in [0.3, 0.4) is 0 Å². The third-order valence-electron chi connectivity index (χ3n) is 3.89. The lowest BCUT2D eigenvalue weighted by Crippen LogP contribution is -2.22. The summed E-state index contributed by atoms with van der Waals surface area (Å²) in [4.78, 5) is 12.2. The van der Waals surface area contributed by atoms with Crippen molar-refractivity contribution in [3.05, 3.63) is 41.0 Å². The fourth-order valence-electron chi connectivity index (χ4n) is 2.87. The van der Waals surface area contributed by atoms with Gasteiger partial charge in [0.2, 0.25) is 0 Å². The first-order chi connectivity index (χ1) is 10.6. The number of amides is 2. The lowest BCUT2D eigenvalue weighted by molar-refractivity contribution is 0.262. The molecule has 2 amide bonds. The molecule has 1 aliphatic carbocycles. The minimum Gasteiger partial charge on any atom is -0.306 e. The van der Waals surface area contributed by atoms with Gasteiger partial charge in [0, 0.05) is 6.07 Å². The summed E-state index contributed by atoms with van der Waals surface area (Å²) in [6.45, 7) is 1.93. The Morgan fingerprint density at radius 1 is 1.27 bits per heavy atom. The van der Waals surface area contributed by atoms with E-state index >= 15 is 0 Å². The molecule has 0 saturated heterocycles. The van der Waals surface area contributed by atoms with Gasteiger partial charge in [-0.1, -0.05) is 36.6 Å². The number of nitrogens with one attached hydrogen (secondary N) is 2. The summed E-state index contributed by atoms with van der Waals surface area (Å²) in [5.74, 6) is 0.731. The summed E-state index contributed by atoms with van der Waals surface area (Å²) in [7, 11) is 0. The molecule has 1 heterocycles. The zero-order chi connectivity index (χ0) is 15.5. The van der Waals surface area contributed by atoms with Gasteiger partial charge in [0.15, 0.2) is 0 Å². The highest BCUT2D eigenvalue weighted by Crippen LogP contribution is 2.32. The molecule has 0 aliphatic heterocycles. The summed E-state index contributed by atoms with van der Waals surface area (Å²) in [6, 6.07) is 9.12. The number of hydrogen-bond donors (Lipinski definition) is 2. The maximum Gasteiger partial charge on any atom is 0.324 e. The highest BCUT2D eigenvalue weighted by atomic mass is 35.5. The molecule has 0 radical (unpaired) electrons. The van der Waals surface area contributed by atoms with E-state index in [1.807, 2.05) is 29.8 Å². The largest absolute Gasteiger partial charge is 0.324 e. The molecule has 3 rings (SSSR count). The van der Waals surface area contributed by atoms with Crippen LogP contribution in [0, 0.1) is 6.92 Å². The molecule has 1 fully saturated rings. The zero-order valence-corrected chi connectivity index (χ0v) is 13.2. The molecule has 1 saturated carbocycles. The van der Waals surface area contributed by atoms with Crippen molar-refractivity contribution in [3.8, 4) is 0 Å². The van der Waals surface area contributed by atoms with Crippen LogP contribution in [-0.2, 0) is 0 Å². The van der Waals surface area contributed by atoms with Gasteiger partial charge in [-0.05, 0) is 31.9 Å². The van der Waals surface area contributed by atoms with Crippen molar-refractivity contribution < 1.29 is 4.79 Å². The van der Waals surface area contributed by atoms with E-state index in [2.05, 4.69) is 15.7 Å². The highest BCUT2D eigenvalue weighted by Gasteiger charge is 2.21. The second-order valence-electron chi connectivity index (χ2n) is 5.61. The van der Waals surface area contributed by atoms with Gasteiger partial charge < -0.3 is 5.32 Å². The van der Waals surface area contributed by atoms with Crippen LogP contribution in [0.15, 0.2) is 30.3 Å². The molecule has 0 unspecified atom stereocenters. The van der Waals surface area contributed by atoms with Gasteiger partial charge in [0.05, 0.1) is 22.4 Å². The van der Waals surface area contributed by atoms with Gasteiger partial charge in [-0.2, -0.15) is 5.10 Å². The monoisotopic (exact) mass is 318 g/mol. The minimum absolute atomic E-state index is 0.313. The Labute approximate surface area is 134 Å². The molecule has 0 bridgehead atoms. The van der Waals surface area contributed by atoms with E-state index in [-0.39, 0.29) is 6.03 Å². The number of aromatic nitrogens is 2. The Kier molecular flexibility index (Phi) is 4.34. The number of rotatable bonds is 3. The molecule has 22 heavy (non-hydrogen) atoms. The summed E-state index contributed by atoms with van der Waals surface area (Å²) < 4.78 is 1.94. The van der Waals surface area contributed by atoms with Gasteiger partial charge in [0.1, 0.15) is 5.82 Å². The Morgan fingerprint density at radius 2 is 2.00 bits per heavy atom.